The maximum Gasteiger partial charge on any atom is 0.136 e. The van der Waals surface area contributed by atoms with Crippen molar-refractivity contribution in [3.63, 3.8) is 0 Å². The highest BCUT2D eigenvalue weighted by Crippen LogP contribution is 2.45. The average Bonchev–Trinajstić information content (AvgIpc) is 3.75. The molecule has 2 heterocycles. The zero-order valence-corrected chi connectivity index (χ0v) is 27.3. The van der Waals surface area contributed by atoms with Crippen LogP contribution in [0.25, 0.3) is 75.1 Å². The number of thiophene rings is 1. The second-order valence-electron chi connectivity index (χ2n) is 12.5. The number of anilines is 3. The van der Waals surface area contributed by atoms with Gasteiger partial charge in [0.25, 0.3) is 0 Å². The Labute approximate surface area is 287 Å². The number of fused-ring (bicyclic) bond motifs is 8. The van der Waals surface area contributed by atoms with Gasteiger partial charge in [-0.2, -0.15) is 0 Å². The van der Waals surface area contributed by atoms with E-state index < -0.39 is 0 Å². The minimum atomic E-state index is 0.926. The Morgan fingerprint density at radius 1 is 0.408 bits per heavy atom. The first kappa shape index (κ1) is 27.9. The molecule has 0 saturated carbocycles. The van der Waals surface area contributed by atoms with Crippen molar-refractivity contribution in [2.75, 3.05) is 4.90 Å². The van der Waals surface area contributed by atoms with Gasteiger partial charge in [0, 0.05) is 37.6 Å². The summed E-state index contributed by atoms with van der Waals surface area (Å²) in [6.45, 7) is 0. The Morgan fingerprint density at radius 2 is 1.04 bits per heavy atom. The summed E-state index contributed by atoms with van der Waals surface area (Å²) < 4.78 is 8.74. The molecule has 2 aromatic heterocycles. The van der Waals surface area contributed by atoms with Gasteiger partial charge in [0.1, 0.15) is 11.2 Å². The minimum Gasteiger partial charge on any atom is -0.456 e. The molecule has 0 aliphatic heterocycles. The molecule has 0 aliphatic carbocycles. The molecule has 230 valence electrons. The van der Waals surface area contributed by atoms with Crippen molar-refractivity contribution >= 4 is 81.3 Å². The van der Waals surface area contributed by atoms with E-state index in [1.165, 1.54) is 64.3 Å². The van der Waals surface area contributed by atoms with Crippen LogP contribution in [-0.2, 0) is 0 Å². The Hall–Kier alpha value is -6.16. The number of hydrogen-bond acceptors (Lipinski definition) is 3. The summed E-state index contributed by atoms with van der Waals surface area (Å²) in [6, 6.07) is 63.2. The van der Waals surface area contributed by atoms with Gasteiger partial charge in [-0.25, -0.2) is 0 Å². The first-order chi connectivity index (χ1) is 24.3. The zero-order valence-electron chi connectivity index (χ0n) is 26.5. The highest BCUT2D eigenvalue weighted by atomic mass is 32.1. The average molecular weight is 644 g/mol. The van der Waals surface area contributed by atoms with Crippen molar-refractivity contribution in [3.05, 3.63) is 176 Å². The van der Waals surface area contributed by atoms with E-state index in [1.807, 2.05) is 23.5 Å². The first-order valence-electron chi connectivity index (χ1n) is 16.6. The molecular formula is C46H29NOS. The molecular weight excluding hydrogens is 615 g/mol. The lowest BCUT2D eigenvalue weighted by Crippen LogP contribution is -2.10. The Kier molecular flexibility index (Phi) is 6.39. The summed E-state index contributed by atoms with van der Waals surface area (Å²) in [5.41, 5.74) is 10.1. The van der Waals surface area contributed by atoms with E-state index in [0.717, 1.165) is 27.9 Å². The fourth-order valence-electron chi connectivity index (χ4n) is 7.31. The van der Waals surface area contributed by atoms with Gasteiger partial charge in [0.05, 0.1) is 10.4 Å². The van der Waals surface area contributed by atoms with Crippen LogP contribution in [0.4, 0.5) is 17.1 Å². The molecule has 0 bridgehead atoms. The fourth-order valence-corrected chi connectivity index (χ4v) is 8.51. The van der Waals surface area contributed by atoms with Crippen LogP contribution >= 0.6 is 11.3 Å². The molecule has 0 saturated heterocycles. The van der Waals surface area contributed by atoms with Crippen LogP contribution in [0.5, 0.6) is 0 Å². The first-order valence-corrected chi connectivity index (χ1v) is 17.4. The van der Waals surface area contributed by atoms with Gasteiger partial charge in [-0.15, -0.1) is 11.3 Å². The molecule has 49 heavy (non-hydrogen) atoms. The Bertz CT molecular complexity index is 2810. The number of nitrogens with zero attached hydrogens (tertiary/aromatic N) is 1. The van der Waals surface area contributed by atoms with Crippen LogP contribution in [0.3, 0.4) is 0 Å². The molecule has 0 radical (unpaired) electrons. The van der Waals surface area contributed by atoms with Gasteiger partial charge in [0.15, 0.2) is 0 Å². The van der Waals surface area contributed by atoms with Crippen LogP contribution in [0, 0.1) is 0 Å². The van der Waals surface area contributed by atoms with Crippen LogP contribution in [-0.4, -0.2) is 0 Å². The van der Waals surface area contributed by atoms with E-state index in [0.29, 0.717) is 0 Å². The molecule has 3 heteroatoms. The normalized spacial score (nSPS) is 11.7. The van der Waals surface area contributed by atoms with Crippen molar-refractivity contribution in [3.8, 4) is 22.3 Å². The van der Waals surface area contributed by atoms with E-state index in [9.17, 15) is 0 Å². The van der Waals surface area contributed by atoms with Gasteiger partial charge >= 0.3 is 0 Å². The third-order valence-corrected chi connectivity index (χ3v) is 10.9. The van der Waals surface area contributed by atoms with Gasteiger partial charge in [-0.1, -0.05) is 121 Å². The predicted octanol–water partition coefficient (Wildman–Crippen LogP) is 13.9. The summed E-state index contributed by atoms with van der Waals surface area (Å²) in [5.74, 6) is 0. The summed E-state index contributed by atoms with van der Waals surface area (Å²) in [4.78, 5) is 2.40. The summed E-state index contributed by atoms with van der Waals surface area (Å²) in [6.07, 6.45) is 0. The smallest absolute Gasteiger partial charge is 0.136 e. The lowest BCUT2D eigenvalue weighted by molar-refractivity contribution is 0.669. The summed E-state index contributed by atoms with van der Waals surface area (Å²) in [5, 5.41) is 7.35. The third-order valence-electron chi connectivity index (χ3n) is 9.67. The molecule has 10 aromatic rings. The largest absolute Gasteiger partial charge is 0.456 e. The van der Waals surface area contributed by atoms with Crippen LogP contribution < -0.4 is 4.90 Å². The molecule has 0 spiro atoms. The zero-order chi connectivity index (χ0) is 32.3. The second-order valence-corrected chi connectivity index (χ2v) is 13.6. The van der Waals surface area contributed by atoms with E-state index in [-0.39, 0.29) is 0 Å². The molecule has 2 nitrogen and oxygen atoms in total. The minimum absolute atomic E-state index is 0.926. The Balaban J connectivity index is 1.08. The number of rotatable bonds is 5. The lowest BCUT2D eigenvalue weighted by Gasteiger charge is -2.26. The number of furan rings is 1. The fraction of sp³-hybridized carbons (Fsp3) is 0. The van der Waals surface area contributed by atoms with Gasteiger partial charge in [-0.3, -0.25) is 0 Å². The maximum absolute atomic E-state index is 6.15. The van der Waals surface area contributed by atoms with E-state index in [1.54, 1.807) is 0 Å². The Morgan fingerprint density at radius 3 is 1.84 bits per heavy atom. The number of para-hydroxylation sites is 1. The molecule has 0 unspecified atom stereocenters. The van der Waals surface area contributed by atoms with Crippen molar-refractivity contribution in [1.29, 1.82) is 0 Å². The van der Waals surface area contributed by atoms with Crippen molar-refractivity contribution in [1.82, 2.24) is 0 Å². The monoisotopic (exact) mass is 643 g/mol. The van der Waals surface area contributed by atoms with Crippen LogP contribution in [0.2, 0.25) is 0 Å². The lowest BCUT2D eigenvalue weighted by atomic mass is 9.98. The van der Waals surface area contributed by atoms with Crippen LogP contribution in [0.15, 0.2) is 180 Å². The topological polar surface area (TPSA) is 16.4 Å². The van der Waals surface area contributed by atoms with Gasteiger partial charge in [-0.05, 0) is 87.6 Å². The molecule has 0 fully saturated rings. The van der Waals surface area contributed by atoms with Crippen LogP contribution in [0.1, 0.15) is 0 Å². The number of benzene rings is 8. The quantitative estimate of drug-likeness (QED) is 0.186. The molecule has 0 aliphatic rings. The van der Waals surface area contributed by atoms with Crippen molar-refractivity contribution < 1.29 is 4.42 Å². The van der Waals surface area contributed by atoms with E-state index in [2.05, 4.69) is 169 Å². The van der Waals surface area contributed by atoms with Gasteiger partial charge in [0.2, 0.25) is 0 Å². The van der Waals surface area contributed by atoms with Gasteiger partial charge < -0.3 is 9.32 Å². The molecule has 8 aromatic carbocycles. The summed E-state index contributed by atoms with van der Waals surface area (Å²) in [7, 11) is 0. The summed E-state index contributed by atoms with van der Waals surface area (Å²) >= 11 is 1.86. The molecule has 0 atom stereocenters. The standard InChI is InChI=1S/C46H29NOS/c1-2-9-30(10-3-1)31-17-23-35(24-18-31)47(41-14-8-13-39-38-11-5-7-16-44(38)49-46(39)41)36-25-19-32(20-26-36)33-21-27-37-34(29-33)22-28-43-45(37)40-12-4-6-15-42(40)48-43/h1-29H. The highest BCUT2D eigenvalue weighted by Gasteiger charge is 2.18. The second kappa shape index (κ2) is 11.2. The van der Waals surface area contributed by atoms with Crippen molar-refractivity contribution in [2.45, 2.75) is 0 Å². The SMILES string of the molecule is c1ccc(-c2ccc(N(c3ccc(-c4ccc5c(ccc6oc7ccccc7c65)c4)cc3)c3cccc4c3sc3ccccc34)cc2)cc1. The third kappa shape index (κ3) is 4.62. The predicted molar refractivity (Wildman–Crippen MR) is 210 cm³/mol. The highest BCUT2D eigenvalue weighted by molar-refractivity contribution is 7.26. The maximum atomic E-state index is 6.15. The van der Waals surface area contributed by atoms with Crippen molar-refractivity contribution in [2.24, 2.45) is 0 Å². The van der Waals surface area contributed by atoms with E-state index in [4.69, 9.17) is 4.42 Å². The van der Waals surface area contributed by atoms with E-state index >= 15 is 0 Å². The number of hydrogen-bond donors (Lipinski definition) is 0. The molecule has 0 N–H and O–H groups in total. The molecule has 10 rings (SSSR count). The molecule has 0 amide bonds.